The number of piperazine rings is 1. The van der Waals surface area contributed by atoms with Gasteiger partial charge in [-0.25, -0.2) is 17.9 Å². The second-order valence-corrected chi connectivity index (χ2v) is 9.67. The number of nitrogens with zero attached hydrogens (tertiary/aromatic N) is 6. The summed E-state index contributed by atoms with van der Waals surface area (Å²) < 4.78 is 39.5. The quantitative estimate of drug-likeness (QED) is 0.459. The molecule has 2 aromatic heterocycles. The van der Waals surface area contributed by atoms with Gasteiger partial charge in [-0.1, -0.05) is 12.1 Å². The lowest BCUT2D eigenvalue weighted by atomic mass is 10.1. The maximum atomic E-state index is 13.3. The molecule has 0 atom stereocenters. The molecule has 1 amide bonds. The highest BCUT2D eigenvalue weighted by molar-refractivity contribution is 7.89. The summed E-state index contributed by atoms with van der Waals surface area (Å²) >= 11 is 0. The van der Waals surface area contributed by atoms with Gasteiger partial charge < -0.3 is 14.1 Å². The third-order valence-corrected chi connectivity index (χ3v) is 7.74. The Morgan fingerprint density at radius 3 is 2.32 bits per heavy atom. The number of ether oxygens (including phenoxy) is 1. The summed E-state index contributed by atoms with van der Waals surface area (Å²) in [5.41, 5.74) is 1.50. The number of tetrazole rings is 1. The molecule has 0 saturated carbocycles. The maximum absolute atomic E-state index is 13.3. The Morgan fingerprint density at radius 2 is 1.74 bits per heavy atom. The molecule has 0 aliphatic carbocycles. The molecule has 0 radical (unpaired) electrons. The molecular weight excluding hydrogens is 464 g/mol. The van der Waals surface area contributed by atoms with Crippen LogP contribution in [0.5, 0.6) is 0 Å². The van der Waals surface area contributed by atoms with Gasteiger partial charge in [0.15, 0.2) is 0 Å². The fourth-order valence-electron chi connectivity index (χ4n) is 3.95. The standard InChI is InChI=1S/C21H24N6O6S/c1-14-19(21(29)32-3)20(15(2)33-14)34(30,31)26-10-8-25(9-11-26)18(28)12-16-4-6-17(7-5-16)27-13-22-23-24-27/h4-7,13H,8-12H2,1-3H3. The maximum Gasteiger partial charge on any atom is 0.342 e. The summed E-state index contributed by atoms with van der Waals surface area (Å²) in [6.07, 6.45) is 1.67. The van der Waals surface area contributed by atoms with Gasteiger partial charge in [-0.3, -0.25) is 4.79 Å². The van der Waals surface area contributed by atoms with Crippen LogP contribution in [-0.2, 0) is 26.0 Å². The number of carbonyl (C=O) groups is 2. The Kier molecular flexibility index (Phi) is 6.48. The molecule has 1 aliphatic heterocycles. The number of furan rings is 1. The second-order valence-electron chi connectivity index (χ2n) is 7.79. The average molecular weight is 489 g/mol. The van der Waals surface area contributed by atoms with Crippen LogP contribution in [0.15, 0.2) is 39.9 Å². The molecule has 0 N–H and O–H groups in total. The first-order valence-corrected chi connectivity index (χ1v) is 11.9. The number of rotatable bonds is 6. The van der Waals surface area contributed by atoms with Gasteiger partial charge in [-0.15, -0.1) is 5.10 Å². The fourth-order valence-corrected chi connectivity index (χ4v) is 5.74. The number of hydrogen-bond acceptors (Lipinski definition) is 9. The van der Waals surface area contributed by atoms with Crippen molar-refractivity contribution in [2.45, 2.75) is 25.2 Å². The molecule has 1 fully saturated rings. The average Bonchev–Trinajstić information content (AvgIpc) is 3.47. The summed E-state index contributed by atoms with van der Waals surface area (Å²) in [4.78, 5) is 26.4. The SMILES string of the molecule is COC(=O)c1c(C)oc(C)c1S(=O)(=O)N1CCN(C(=O)Cc2ccc(-n3cnnn3)cc2)CC1. The predicted octanol–water partition coefficient (Wildman–Crippen LogP) is 0.734. The molecule has 1 aromatic carbocycles. The summed E-state index contributed by atoms with van der Waals surface area (Å²) in [7, 11) is -2.82. The van der Waals surface area contributed by atoms with E-state index in [4.69, 9.17) is 9.15 Å². The van der Waals surface area contributed by atoms with Crippen LogP contribution in [-0.4, -0.2) is 83.0 Å². The predicted molar refractivity (Wildman–Crippen MR) is 118 cm³/mol. The number of sulfonamides is 1. The van der Waals surface area contributed by atoms with Crippen molar-refractivity contribution >= 4 is 21.9 Å². The summed E-state index contributed by atoms with van der Waals surface area (Å²) in [6, 6.07) is 7.29. The van der Waals surface area contributed by atoms with Crippen LogP contribution in [0.1, 0.15) is 27.4 Å². The summed E-state index contributed by atoms with van der Waals surface area (Å²) in [5, 5.41) is 11.0. The molecule has 13 heteroatoms. The highest BCUT2D eigenvalue weighted by atomic mass is 32.2. The zero-order valence-electron chi connectivity index (χ0n) is 19.0. The van der Waals surface area contributed by atoms with Crippen molar-refractivity contribution in [3.63, 3.8) is 0 Å². The van der Waals surface area contributed by atoms with Crippen LogP contribution >= 0.6 is 0 Å². The molecule has 1 aliphatic rings. The molecule has 12 nitrogen and oxygen atoms in total. The van der Waals surface area contributed by atoms with E-state index >= 15 is 0 Å². The van der Waals surface area contributed by atoms with Crippen molar-refractivity contribution in [3.05, 3.63) is 53.2 Å². The van der Waals surface area contributed by atoms with E-state index in [9.17, 15) is 18.0 Å². The highest BCUT2D eigenvalue weighted by Gasteiger charge is 2.37. The lowest BCUT2D eigenvalue weighted by Crippen LogP contribution is -2.51. The third-order valence-electron chi connectivity index (χ3n) is 5.69. The Morgan fingerprint density at radius 1 is 1.06 bits per heavy atom. The van der Waals surface area contributed by atoms with Gasteiger partial charge in [-0.2, -0.15) is 4.31 Å². The second kappa shape index (κ2) is 9.35. The third kappa shape index (κ3) is 4.43. The van der Waals surface area contributed by atoms with Crippen LogP contribution < -0.4 is 0 Å². The van der Waals surface area contributed by atoms with Crippen molar-refractivity contribution in [2.75, 3.05) is 33.3 Å². The number of aromatic nitrogens is 4. The summed E-state index contributed by atoms with van der Waals surface area (Å²) in [5.74, 6) is -0.560. The Labute approximate surface area is 196 Å². The number of benzene rings is 1. The Hall–Kier alpha value is -3.58. The zero-order chi connectivity index (χ0) is 24.5. The monoisotopic (exact) mass is 488 g/mol. The normalized spacial score (nSPS) is 14.9. The molecule has 0 unspecified atom stereocenters. The number of aryl methyl sites for hydroxylation is 2. The minimum atomic E-state index is -4.01. The Bertz CT molecular complexity index is 1290. The topological polar surface area (TPSA) is 141 Å². The van der Waals surface area contributed by atoms with Gasteiger partial charge in [0, 0.05) is 26.2 Å². The molecule has 3 aromatic rings. The van der Waals surface area contributed by atoms with Crippen LogP contribution in [0, 0.1) is 13.8 Å². The lowest BCUT2D eigenvalue weighted by Gasteiger charge is -2.34. The van der Waals surface area contributed by atoms with Crippen LogP contribution in [0.2, 0.25) is 0 Å². The van der Waals surface area contributed by atoms with E-state index < -0.39 is 16.0 Å². The zero-order valence-corrected chi connectivity index (χ0v) is 19.8. The molecule has 3 heterocycles. The molecular formula is C21H24N6O6S. The van der Waals surface area contributed by atoms with Crippen LogP contribution in [0.4, 0.5) is 0 Å². The van der Waals surface area contributed by atoms with Crippen molar-refractivity contribution in [2.24, 2.45) is 0 Å². The van der Waals surface area contributed by atoms with Gasteiger partial charge in [-0.05, 0) is 42.0 Å². The molecule has 34 heavy (non-hydrogen) atoms. The molecule has 1 saturated heterocycles. The number of methoxy groups -OCH3 is 1. The number of carbonyl (C=O) groups excluding carboxylic acids is 2. The van der Waals surface area contributed by atoms with Gasteiger partial charge in [0.2, 0.25) is 15.9 Å². The first kappa shape index (κ1) is 23.6. The number of amides is 1. The number of esters is 1. The van der Waals surface area contributed by atoms with Gasteiger partial charge in [0.25, 0.3) is 0 Å². The van der Waals surface area contributed by atoms with Crippen molar-refractivity contribution in [1.29, 1.82) is 0 Å². The molecule has 4 rings (SSSR count). The van der Waals surface area contributed by atoms with Crippen LogP contribution in [0.25, 0.3) is 5.69 Å². The van der Waals surface area contributed by atoms with Crippen LogP contribution in [0.3, 0.4) is 0 Å². The Balaban J connectivity index is 1.41. The largest absolute Gasteiger partial charge is 0.465 e. The highest BCUT2D eigenvalue weighted by Crippen LogP contribution is 2.30. The first-order chi connectivity index (χ1) is 16.2. The van der Waals surface area contributed by atoms with E-state index in [2.05, 4.69) is 15.5 Å². The van der Waals surface area contributed by atoms with Gasteiger partial charge >= 0.3 is 5.97 Å². The molecule has 0 bridgehead atoms. The van der Waals surface area contributed by atoms with Gasteiger partial charge in [0.1, 0.15) is 28.3 Å². The van der Waals surface area contributed by atoms with Crippen molar-refractivity contribution < 1.29 is 27.2 Å². The number of hydrogen-bond donors (Lipinski definition) is 0. The first-order valence-electron chi connectivity index (χ1n) is 10.5. The van der Waals surface area contributed by atoms with E-state index in [0.717, 1.165) is 11.3 Å². The van der Waals surface area contributed by atoms with E-state index in [1.165, 1.54) is 36.3 Å². The van der Waals surface area contributed by atoms with Gasteiger partial charge in [0.05, 0.1) is 19.2 Å². The van der Waals surface area contributed by atoms with E-state index in [1.54, 1.807) is 4.90 Å². The fraction of sp³-hybridized carbons (Fsp3) is 0.381. The van der Waals surface area contributed by atoms with Crippen molar-refractivity contribution in [1.82, 2.24) is 29.4 Å². The van der Waals surface area contributed by atoms with E-state index in [1.807, 2.05) is 24.3 Å². The molecule has 0 spiro atoms. The minimum Gasteiger partial charge on any atom is -0.465 e. The van der Waals surface area contributed by atoms with Crippen molar-refractivity contribution in [3.8, 4) is 5.69 Å². The lowest BCUT2D eigenvalue weighted by molar-refractivity contribution is -0.131. The van der Waals surface area contributed by atoms with E-state index in [0.29, 0.717) is 0 Å². The minimum absolute atomic E-state index is 0.0939. The van der Waals surface area contributed by atoms with E-state index in [-0.39, 0.29) is 60.5 Å². The summed E-state index contributed by atoms with van der Waals surface area (Å²) in [6.45, 7) is 3.71. The molecule has 180 valence electrons. The smallest absolute Gasteiger partial charge is 0.342 e.